The Balaban J connectivity index is 1.37. The maximum Gasteiger partial charge on any atom is 0.344 e. The number of hydrogen-bond donors (Lipinski definition) is 0. The van der Waals surface area contributed by atoms with Gasteiger partial charge in [0.1, 0.15) is 17.1 Å². The summed E-state index contributed by atoms with van der Waals surface area (Å²) in [4.78, 5) is 27.9. The van der Waals surface area contributed by atoms with Gasteiger partial charge in [-0.1, -0.05) is 54.6 Å². The van der Waals surface area contributed by atoms with Gasteiger partial charge in [-0.3, -0.25) is 4.79 Å². The molecule has 0 unspecified atom stereocenters. The van der Waals surface area contributed by atoms with E-state index >= 15 is 0 Å². The van der Waals surface area contributed by atoms with Gasteiger partial charge in [-0.15, -0.1) is 11.8 Å². The van der Waals surface area contributed by atoms with E-state index in [1.165, 1.54) is 21.9 Å². The molecule has 6 rings (SSSR count). The summed E-state index contributed by atoms with van der Waals surface area (Å²) in [6.07, 6.45) is 11.3. The molecule has 30 heavy (non-hydrogen) atoms. The van der Waals surface area contributed by atoms with Crippen LogP contribution >= 0.6 is 11.8 Å². The molecule has 1 fully saturated rings. The number of amides is 1. The molecule has 0 spiro atoms. The second kappa shape index (κ2) is 6.88. The van der Waals surface area contributed by atoms with Gasteiger partial charge in [-0.25, -0.2) is 4.79 Å². The number of esters is 1. The standard InChI is InChI=1S/C25H21NO3S/c27-23(20-14-17-4-1-2-7-21(17)29-25(20)28)26-12-13-30-24(26)19-11-10-16-9-8-15-5-3-6-18(19)22(15)16/h1-7,10-11,14,17,21,24H,8-9,12-13H2/t17-,21-,24+/m0/s1. The number of benzene rings is 2. The monoisotopic (exact) mass is 415 g/mol. The van der Waals surface area contributed by atoms with Gasteiger partial charge in [-0.05, 0) is 46.4 Å². The van der Waals surface area contributed by atoms with E-state index in [1.807, 2.05) is 29.2 Å². The van der Waals surface area contributed by atoms with Crippen molar-refractivity contribution < 1.29 is 14.3 Å². The number of carbonyl (C=O) groups excluding carboxylic acids is 2. The van der Waals surface area contributed by atoms with Crippen LogP contribution in [0.3, 0.4) is 0 Å². The molecule has 150 valence electrons. The van der Waals surface area contributed by atoms with Crippen molar-refractivity contribution in [2.24, 2.45) is 5.92 Å². The smallest absolute Gasteiger partial charge is 0.344 e. The van der Waals surface area contributed by atoms with E-state index in [0.717, 1.165) is 24.2 Å². The summed E-state index contributed by atoms with van der Waals surface area (Å²) in [7, 11) is 0. The molecular formula is C25H21NO3S. The van der Waals surface area contributed by atoms with Crippen molar-refractivity contribution >= 4 is 34.4 Å². The number of aryl methyl sites for hydroxylation is 2. The van der Waals surface area contributed by atoms with Crippen LogP contribution < -0.4 is 0 Å². The van der Waals surface area contributed by atoms with Crippen molar-refractivity contribution in [3.8, 4) is 0 Å². The molecule has 5 heteroatoms. The highest BCUT2D eigenvalue weighted by atomic mass is 32.2. The lowest BCUT2D eigenvalue weighted by Gasteiger charge is -2.30. The predicted octanol–water partition coefficient (Wildman–Crippen LogP) is 4.11. The van der Waals surface area contributed by atoms with Crippen molar-refractivity contribution in [2.45, 2.75) is 24.3 Å². The van der Waals surface area contributed by atoms with Gasteiger partial charge in [0.25, 0.3) is 5.91 Å². The van der Waals surface area contributed by atoms with E-state index in [2.05, 4.69) is 30.3 Å². The van der Waals surface area contributed by atoms with Crippen LogP contribution in [0.1, 0.15) is 22.1 Å². The van der Waals surface area contributed by atoms with Crippen molar-refractivity contribution in [3.05, 3.63) is 83.0 Å². The summed E-state index contributed by atoms with van der Waals surface area (Å²) in [5.41, 5.74) is 4.12. The Morgan fingerprint density at radius 3 is 2.80 bits per heavy atom. The van der Waals surface area contributed by atoms with Crippen molar-refractivity contribution in [2.75, 3.05) is 12.3 Å². The van der Waals surface area contributed by atoms with Gasteiger partial charge < -0.3 is 9.64 Å². The zero-order valence-corrected chi connectivity index (χ0v) is 17.2. The number of allylic oxidation sites excluding steroid dienone is 2. The van der Waals surface area contributed by atoms with E-state index in [0.29, 0.717) is 6.54 Å². The maximum atomic E-state index is 13.5. The molecule has 0 bridgehead atoms. The first-order valence-electron chi connectivity index (χ1n) is 10.4. The summed E-state index contributed by atoms with van der Waals surface area (Å²) >= 11 is 1.77. The number of carbonyl (C=O) groups is 2. The number of nitrogens with zero attached hydrogens (tertiary/aromatic N) is 1. The molecule has 2 aliphatic carbocycles. The Hall–Kier alpha value is -2.79. The van der Waals surface area contributed by atoms with Crippen LogP contribution in [-0.2, 0) is 27.2 Å². The van der Waals surface area contributed by atoms with Crippen molar-refractivity contribution in [1.29, 1.82) is 0 Å². The minimum absolute atomic E-state index is 0.0721. The molecule has 0 radical (unpaired) electrons. The van der Waals surface area contributed by atoms with E-state index in [9.17, 15) is 9.59 Å². The van der Waals surface area contributed by atoms with E-state index in [4.69, 9.17) is 4.74 Å². The van der Waals surface area contributed by atoms with Gasteiger partial charge in [-0.2, -0.15) is 0 Å². The summed E-state index contributed by atoms with van der Waals surface area (Å²) < 4.78 is 5.53. The second-order valence-corrected chi connectivity index (χ2v) is 9.36. The van der Waals surface area contributed by atoms with Crippen LogP contribution in [0.15, 0.2) is 66.3 Å². The zero-order valence-electron chi connectivity index (χ0n) is 16.4. The molecule has 2 heterocycles. The summed E-state index contributed by atoms with van der Waals surface area (Å²) in [6.45, 7) is 0.631. The molecule has 2 aliphatic heterocycles. The fourth-order valence-electron chi connectivity index (χ4n) is 5.05. The first-order chi connectivity index (χ1) is 14.7. The first-order valence-corrected chi connectivity index (χ1v) is 11.5. The maximum absolute atomic E-state index is 13.5. The van der Waals surface area contributed by atoms with Crippen LogP contribution in [-0.4, -0.2) is 35.2 Å². The third kappa shape index (κ3) is 2.68. The highest BCUT2D eigenvalue weighted by Gasteiger charge is 2.39. The summed E-state index contributed by atoms with van der Waals surface area (Å²) in [5, 5.41) is 2.50. The Labute approximate surface area is 179 Å². The molecule has 2 aromatic carbocycles. The van der Waals surface area contributed by atoms with E-state index in [-0.39, 0.29) is 28.9 Å². The average Bonchev–Trinajstić information content (AvgIpc) is 3.42. The SMILES string of the molecule is O=C1O[C@H]2C=CC=C[C@H]2C=C1C(=O)N1CCS[C@@H]1c1ccc2c3c(cccc13)CC2. The number of thioether (sulfide) groups is 1. The van der Waals surface area contributed by atoms with Crippen LogP contribution in [0.5, 0.6) is 0 Å². The predicted molar refractivity (Wildman–Crippen MR) is 118 cm³/mol. The first kappa shape index (κ1) is 18.0. The summed E-state index contributed by atoms with van der Waals surface area (Å²) in [5.74, 6) is 0.0464. The normalized spacial score (nSPS) is 26.7. The lowest BCUT2D eigenvalue weighted by Crippen LogP contribution is -2.39. The highest BCUT2D eigenvalue weighted by Crippen LogP contribution is 2.44. The Morgan fingerprint density at radius 1 is 1.07 bits per heavy atom. The van der Waals surface area contributed by atoms with Gasteiger partial charge in [0, 0.05) is 18.2 Å². The van der Waals surface area contributed by atoms with E-state index < -0.39 is 5.97 Å². The molecule has 0 N–H and O–H groups in total. The second-order valence-electron chi connectivity index (χ2n) is 8.17. The molecule has 4 aliphatic rings. The van der Waals surface area contributed by atoms with Gasteiger partial charge >= 0.3 is 5.97 Å². The number of hydrogen-bond acceptors (Lipinski definition) is 4. The van der Waals surface area contributed by atoms with Crippen LogP contribution in [0.2, 0.25) is 0 Å². The van der Waals surface area contributed by atoms with Gasteiger partial charge in [0.05, 0.1) is 0 Å². The molecule has 0 saturated carbocycles. The number of rotatable bonds is 2. The van der Waals surface area contributed by atoms with E-state index in [1.54, 1.807) is 17.8 Å². The van der Waals surface area contributed by atoms with Crippen LogP contribution in [0, 0.1) is 5.92 Å². The lowest BCUT2D eigenvalue weighted by atomic mass is 9.92. The zero-order chi connectivity index (χ0) is 20.2. The molecule has 0 aromatic heterocycles. The molecule has 3 atom stereocenters. The van der Waals surface area contributed by atoms with Gasteiger partial charge in [0.2, 0.25) is 0 Å². The third-order valence-electron chi connectivity index (χ3n) is 6.51. The molecule has 1 saturated heterocycles. The van der Waals surface area contributed by atoms with Gasteiger partial charge in [0.15, 0.2) is 0 Å². The number of fused-ring (bicyclic) bond motifs is 1. The molecule has 1 amide bonds. The highest BCUT2D eigenvalue weighted by molar-refractivity contribution is 7.99. The largest absolute Gasteiger partial charge is 0.453 e. The quantitative estimate of drug-likeness (QED) is 0.547. The third-order valence-corrected chi connectivity index (χ3v) is 7.75. The van der Waals surface area contributed by atoms with Crippen molar-refractivity contribution in [3.63, 3.8) is 0 Å². The molecule has 4 nitrogen and oxygen atoms in total. The van der Waals surface area contributed by atoms with Crippen LogP contribution in [0.4, 0.5) is 0 Å². The number of ether oxygens (including phenoxy) is 1. The fraction of sp³-hybridized carbons (Fsp3) is 0.280. The Bertz CT molecular complexity index is 1170. The lowest BCUT2D eigenvalue weighted by molar-refractivity contribution is -0.147. The Kier molecular flexibility index (Phi) is 4.13. The van der Waals surface area contributed by atoms with Crippen LogP contribution in [0.25, 0.3) is 10.8 Å². The fourth-order valence-corrected chi connectivity index (χ4v) is 6.34. The molecule has 2 aromatic rings. The average molecular weight is 416 g/mol. The molecular weight excluding hydrogens is 394 g/mol. The van der Waals surface area contributed by atoms with Crippen molar-refractivity contribution in [1.82, 2.24) is 4.90 Å². The minimum atomic E-state index is -0.516. The minimum Gasteiger partial charge on any atom is -0.453 e. The topological polar surface area (TPSA) is 46.6 Å². The Morgan fingerprint density at radius 2 is 1.90 bits per heavy atom. The summed E-state index contributed by atoms with van der Waals surface area (Å²) in [6, 6.07) is 10.9.